The fourth-order valence-corrected chi connectivity index (χ4v) is 4.49. The number of unbranched alkanes of at least 4 members (excludes halogenated alkanes) is 3. The van der Waals surface area contributed by atoms with E-state index in [-0.39, 0.29) is 18.6 Å². The van der Waals surface area contributed by atoms with Crippen molar-refractivity contribution in [1.29, 1.82) is 0 Å². The molecule has 5 atom stereocenters. The summed E-state index contributed by atoms with van der Waals surface area (Å²) in [4.78, 5) is 22.7. The molecule has 170 valence electrons. The van der Waals surface area contributed by atoms with Crippen LogP contribution >= 0.6 is 0 Å². The maximum Gasteiger partial charge on any atom is 0.325 e. The number of amides is 1. The van der Waals surface area contributed by atoms with E-state index in [1.807, 2.05) is 6.08 Å². The van der Waals surface area contributed by atoms with Gasteiger partial charge in [-0.15, -0.1) is 0 Å². The molecule has 0 unspecified atom stereocenters. The number of methoxy groups -OCH3 is 1. The van der Waals surface area contributed by atoms with E-state index in [0.29, 0.717) is 30.3 Å². The van der Waals surface area contributed by atoms with Crippen molar-refractivity contribution in [3.8, 4) is 0 Å². The Kier molecular flexibility index (Phi) is 11.2. The SMILES string of the molecule is CCCCC[C@@H](O)/C=C/[C@@H]1[C@@H](C/C=C\CCCC(=O)NCC(=O)OC)[C@@H]2CO[C@@H]1C2. The standard InChI is InChI=1S/C24H39NO5/c1-3-4-7-10-19(26)13-14-21-20(18-15-22(21)30-17-18)11-8-5-6-9-12-23(27)25-16-24(28)29-2/h5,8,13-14,18-22,26H,3-4,6-7,9-12,15-17H2,1-2H3,(H,25,27)/b8-5-,14-13+/t18-,19+,20-,21+,22+/m0/s1. The highest BCUT2D eigenvalue weighted by molar-refractivity contribution is 5.81. The molecule has 2 N–H and O–H groups in total. The van der Waals surface area contributed by atoms with E-state index in [0.717, 1.165) is 45.1 Å². The van der Waals surface area contributed by atoms with Crippen LogP contribution in [0.1, 0.15) is 64.7 Å². The highest BCUT2D eigenvalue weighted by Crippen LogP contribution is 2.47. The van der Waals surface area contributed by atoms with Gasteiger partial charge in [0.25, 0.3) is 0 Å². The summed E-state index contributed by atoms with van der Waals surface area (Å²) in [6.45, 7) is 2.96. The number of aliphatic hydroxyl groups excluding tert-OH is 1. The molecular formula is C24H39NO5. The Morgan fingerprint density at radius 1 is 1.27 bits per heavy atom. The van der Waals surface area contributed by atoms with Gasteiger partial charge in [-0.25, -0.2) is 0 Å². The van der Waals surface area contributed by atoms with Crippen LogP contribution in [0.3, 0.4) is 0 Å². The number of carbonyl (C=O) groups is 2. The summed E-state index contributed by atoms with van der Waals surface area (Å²) >= 11 is 0. The molecule has 0 radical (unpaired) electrons. The first-order valence-electron chi connectivity index (χ1n) is 11.5. The topological polar surface area (TPSA) is 84.9 Å². The van der Waals surface area contributed by atoms with Crippen LogP contribution in [0.25, 0.3) is 0 Å². The molecule has 1 aliphatic carbocycles. The van der Waals surface area contributed by atoms with Gasteiger partial charge in [0.05, 0.1) is 25.9 Å². The lowest BCUT2D eigenvalue weighted by molar-refractivity contribution is -0.141. The Hall–Kier alpha value is -1.66. The number of nitrogens with one attached hydrogen (secondary N) is 1. The summed E-state index contributed by atoms with van der Waals surface area (Å²) in [6, 6.07) is 0. The van der Waals surface area contributed by atoms with Crippen LogP contribution in [-0.2, 0) is 19.1 Å². The number of hydrogen-bond acceptors (Lipinski definition) is 5. The minimum absolute atomic E-state index is 0.0698. The molecule has 1 saturated carbocycles. The maximum absolute atomic E-state index is 11.7. The predicted octanol–water partition coefficient (Wildman–Crippen LogP) is 3.54. The molecule has 2 rings (SSSR count). The summed E-state index contributed by atoms with van der Waals surface area (Å²) in [5, 5.41) is 12.7. The van der Waals surface area contributed by atoms with E-state index in [2.05, 4.69) is 35.2 Å². The number of allylic oxidation sites excluding steroid dienone is 2. The Balaban J connectivity index is 1.68. The van der Waals surface area contributed by atoms with Crippen molar-refractivity contribution < 1.29 is 24.2 Å². The Morgan fingerprint density at radius 2 is 2.10 bits per heavy atom. The molecule has 30 heavy (non-hydrogen) atoms. The molecule has 6 nitrogen and oxygen atoms in total. The molecule has 1 saturated heterocycles. The fourth-order valence-electron chi connectivity index (χ4n) is 4.49. The predicted molar refractivity (Wildman–Crippen MR) is 117 cm³/mol. The number of aliphatic hydroxyl groups is 1. The Morgan fingerprint density at radius 3 is 2.87 bits per heavy atom. The average molecular weight is 422 g/mol. The third-order valence-corrected chi connectivity index (χ3v) is 6.25. The fraction of sp³-hybridized carbons (Fsp3) is 0.750. The quantitative estimate of drug-likeness (QED) is 0.255. The third-order valence-electron chi connectivity index (χ3n) is 6.25. The minimum atomic E-state index is -0.435. The molecule has 1 heterocycles. The average Bonchev–Trinajstić information content (AvgIpc) is 3.35. The lowest BCUT2D eigenvalue weighted by atomic mass is 9.84. The molecule has 1 aliphatic heterocycles. The van der Waals surface area contributed by atoms with Crippen LogP contribution in [0, 0.1) is 17.8 Å². The summed E-state index contributed by atoms with van der Waals surface area (Å²) in [5.41, 5.74) is 0. The largest absolute Gasteiger partial charge is 0.468 e. The first kappa shape index (κ1) is 24.6. The number of rotatable bonds is 14. The van der Waals surface area contributed by atoms with E-state index >= 15 is 0 Å². The van der Waals surface area contributed by atoms with Crippen LogP contribution in [0.5, 0.6) is 0 Å². The van der Waals surface area contributed by atoms with Crippen molar-refractivity contribution in [2.45, 2.75) is 76.9 Å². The van der Waals surface area contributed by atoms with Crippen LogP contribution < -0.4 is 5.32 Å². The second-order valence-corrected chi connectivity index (χ2v) is 8.51. The molecule has 2 bridgehead atoms. The van der Waals surface area contributed by atoms with Gasteiger partial charge in [0.1, 0.15) is 6.54 Å². The van der Waals surface area contributed by atoms with Gasteiger partial charge in [0.15, 0.2) is 0 Å². The molecule has 2 fully saturated rings. The van der Waals surface area contributed by atoms with Gasteiger partial charge in [0.2, 0.25) is 5.91 Å². The van der Waals surface area contributed by atoms with Crippen molar-refractivity contribution in [1.82, 2.24) is 5.32 Å². The molecule has 2 aliphatic rings. The van der Waals surface area contributed by atoms with Crippen LogP contribution in [0.4, 0.5) is 0 Å². The Labute approximate surface area is 181 Å². The van der Waals surface area contributed by atoms with E-state index in [1.54, 1.807) is 0 Å². The monoisotopic (exact) mass is 421 g/mol. The normalized spacial score (nSPS) is 26.5. The second-order valence-electron chi connectivity index (χ2n) is 8.51. The van der Waals surface area contributed by atoms with Crippen LogP contribution in [0.2, 0.25) is 0 Å². The third kappa shape index (κ3) is 8.23. The summed E-state index contributed by atoms with van der Waals surface area (Å²) in [6.07, 6.45) is 16.9. The van der Waals surface area contributed by atoms with Crippen LogP contribution in [0.15, 0.2) is 24.3 Å². The smallest absolute Gasteiger partial charge is 0.325 e. The first-order chi connectivity index (χ1) is 14.5. The molecule has 1 amide bonds. The van der Waals surface area contributed by atoms with Gasteiger partial charge in [-0.1, -0.05) is 50.5 Å². The number of hydrogen-bond donors (Lipinski definition) is 2. The molecule has 0 spiro atoms. The van der Waals surface area contributed by atoms with E-state index in [1.165, 1.54) is 20.0 Å². The molecule has 0 aromatic carbocycles. The van der Waals surface area contributed by atoms with Crippen molar-refractivity contribution in [2.24, 2.45) is 17.8 Å². The van der Waals surface area contributed by atoms with E-state index in [4.69, 9.17) is 4.74 Å². The zero-order valence-corrected chi connectivity index (χ0v) is 18.6. The van der Waals surface area contributed by atoms with E-state index < -0.39 is 5.97 Å². The van der Waals surface area contributed by atoms with Gasteiger partial charge >= 0.3 is 5.97 Å². The minimum Gasteiger partial charge on any atom is -0.468 e. The summed E-state index contributed by atoms with van der Waals surface area (Å²) < 4.78 is 10.4. The number of ether oxygens (including phenoxy) is 2. The van der Waals surface area contributed by atoms with E-state index in [9.17, 15) is 14.7 Å². The number of esters is 1. The lowest BCUT2D eigenvalue weighted by Gasteiger charge is -2.28. The van der Waals surface area contributed by atoms with Gasteiger partial charge in [-0.3, -0.25) is 9.59 Å². The van der Waals surface area contributed by atoms with Crippen molar-refractivity contribution in [3.05, 3.63) is 24.3 Å². The second kappa shape index (κ2) is 13.6. The maximum atomic E-state index is 11.7. The first-order valence-corrected chi connectivity index (χ1v) is 11.5. The zero-order valence-electron chi connectivity index (χ0n) is 18.6. The van der Waals surface area contributed by atoms with Crippen molar-refractivity contribution in [2.75, 3.05) is 20.3 Å². The lowest BCUT2D eigenvalue weighted by Crippen LogP contribution is -2.29. The van der Waals surface area contributed by atoms with Gasteiger partial charge < -0.3 is 19.9 Å². The zero-order chi connectivity index (χ0) is 21.8. The Bertz CT molecular complexity index is 588. The van der Waals surface area contributed by atoms with Gasteiger partial charge in [-0.05, 0) is 43.9 Å². The molecule has 0 aromatic rings. The van der Waals surface area contributed by atoms with Gasteiger partial charge in [-0.2, -0.15) is 0 Å². The number of carbonyl (C=O) groups excluding carboxylic acids is 2. The van der Waals surface area contributed by atoms with Crippen molar-refractivity contribution >= 4 is 11.9 Å². The molecular weight excluding hydrogens is 382 g/mol. The molecule has 6 heteroatoms. The summed E-state index contributed by atoms with van der Waals surface area (Å²) in [5.74, 6) is 1.01. The number of fused-ring (bicyclic) bond motifs is 2. The molecule has 0 aromatic heterocycles. The highest BCUT2D eigenvalue weighted by Gasteiger charge is 2.46. The van der Waals surface area contributed by atoms with Crippen molar-refractivity contribution in [3.63, 3.8) is 0 Å². The summed E-state index contributed by atoms with van der Waals surface area (Å²) in [7, 11) is 1.30. The van der Waals surface area contributed by atoms with Gasteiger partial charge in [0, 0.05) is 12.3 Å². The highest BCUT2D eigenvalue weighted by atomic mass is 16.5. The van der Waals surface area contributed by atoms with Crippen LogP contribution in [-0.4, -0.2) is 49.5 Å².